The van der Waals surface area contributed by atoms with Gasteiger partial charge in [-0.2, -0.15) is 9.97 Å². The van der Waals surface area contributed by atoms with Crippen molar-refractivity contribution in [2.45, 2.75) is 44.4 Å². The van der Waals surface area contributed by atoms with Crippen molar-refractivity contribution in [3.05, 3.63) is 6.33 Å². The monoisotopic (exact) mass is 341 g/mol. The van der Waals surface area contributed by atoms with Gasteiger partial charge in [-0.1, -0.05) is 6.92 Å². The third-order valence-corrected chi connectivity index (χ3v) is 4.00. The van der Waals surface area contributed by atoms with E-state index in [1.165, 1.54) is 17.8 Å². The van der Waals surface area contributed by atoms with Crippen LogP contribution in [0, 0.1) is 0 Å². The number of imidazole rings is 1. The predicted octanol–water partition coefficient (Wildman–Crippen LogP) is 0.176. The van der Waals surface area contributed by atoms with Crippen molar-refractivity contribution < 1.29 is 24.1 Å². The van der Waals surface area contributed by atoms with Crippen molar-refractivity contribution in [1.29, 1.82) is 0 Å². The fraction of sp³-hybridized carbons (Fsp3) is 0.643. The molecule has 24 heavy (non-hydrogen) atoms. The first kappa shape index (κ1) is 16.8. The Kier molecular flexibility index (Phi) is 4.28. The molecule has 9 nitrogen and oxygen atoms in total. The van der Waals surface area contributed by atoms with E-state index in [2.05, 4.69) is 15.0 Å². The first-order valence-corrected chi connectivity index (χ1v) is 7.66. The summed E-state index contributed by atoms with van der Waals surface area (Å²) < 4.78 is 27.3. The van der Waals surface area contributed by atoms with Crippen LogP contribution in [0.15, 0.2) is 6.33 Å². The molecule has 2 aromatic rings. The first-order chi connectivity index (χ1) is 11.4. The number of fused-ring (bicyclic) bond motifs is 1. The Hall–Kier alpha value is -2.04. The Bertz CT molecular complexity index is 737. The van der Waals surface area contributed by atoms with Crippen LogP contribution in [0.3, 0.4) is 0 Å². The highest BCUT2D eigenvalue weighted by atomic mass is 19.1. The van der Waals surface area contributed by atoms with Gasteiger partial charge in [0, 0.05) is 0 Å². The highest BCUT2D eigenvalue weighted by Gasteiger charge is 2.55. The molecule has 0 spiro atoms. The van der Waals surface area contributed by atoms with Crippen LogP contribution in [0.5, 0.6) is 5.88 Å². The molecule has 4 atom stereocenters. The van der Waals surface area contributed by atoms with Crippen molar-refractivity contribution in [3.8, 4) is 5.88 Å². The predicted molar refractivity (Wildman–Crippen MR) is 82.0 cm³/mol. The van der Waals surface area contributed by atoms with Gasteiger partial charge in [0.2, 0.25) is 11.8 Å². The van der Waals surface area contributed by atoms with Crippen molar-refractivity contribution >= 4 is 17.1 Å². The van der Waals surface area contributed by atoms with Gasteiger partial charge in [0.15, 0.2) is 23.1 Å². The maximum Gasteiger partial charge on any atom is 0.247 e. The van der Waals surface area contributed by atoms with E-state index >= 15 is 0 Å². The van der Waals surface area contributed by atoms with Crippen molar-refractivity contribution in [3.63, 3.8) is 0 Å². The summed E-state index contributed by atoms with van der Waals surface area (Å²) in [5.74, 6) is 0.157. The molecule has 3 rings (SSSR count). The number of halogens is 1. The van der Waals surface area contributed by atoms with Gasteiger partial charge < -0.3 is 25.4 Å². The minimum Gasteiger partial charge on any atom is -0.476 e. The van der Waals surface area contributed by atoms with Gasteiger partial charge >= 0.3 is 0 Å². The Labute approximate surface area is 137 Å². The number of rotatable bonds is 5. The number of aliphatic hydroxyl groups is 2. The van der Waals surface area contributed by atoms with Gasteiger partial charge in [0.1, 0.15) is 12.2 Å². The third kappa shape index (κ3) is 2.56. The smallest absolute Gasteiger partial charge is 0.247 e. The Morgan fingerprint density at radius 3 is 2.88 bits per heavy atom. The fourth-order valence-corrected chi connectivity index (χ4v) is 2.74. The number of nitrogens with two attached hydrogens (primary N) is 1. The second-order valence-corrected chi connectivity index (χ2v) is 5.86. The number of aromatic nitrogens is 4. The number of nitrogen functional groups attached to an aromatic ring is 1. The normalized spacial score (nSPS) is 30.1. The summed E-state index contributed by atoms with van der Waals surface area (Å²) >= 11 is 0. The first-order valence-electron chi connectivity index (χ1n) is 7.66. The Balaban J connectivity index is 2.06. The number of hydrogen-bond donors (Lipinski definition) is 3. The molecule has 2 aromatic heterocycles. The van der Waals surface area contributed by atoms with E-state index in [-0.39, 0.29) is 17.5 Å². The van der Waals surface area contributed by atoms with E-state index in [1.807, 2.05) is 6.92 Å². The molecule has 0 aliphatic carbocycles. The number of nitrogens with zero attached hydrogens (tertiary/aromatic N) is 4. The molecule has 1 fully saturated rings. The molecule has 0 bridgehead atoms. The van der Waals surface area contributed by atoms with Gasteiger partial charge in [-0.05, 0) is 13.3 Å². The molecule has 1 aliphatic heterocycles. The van der Waals surface area contributed by atoms with Crippen LogP contribution in [0.2, 0.25) is 0 Å². The number of anilines is 1. The van der Waals surface area contributed by atoms with Crippen LogP contribution in [-0.2, 0) is 4.74 Å². The number of ether oxygens (including phenoxy) is 2. The second-order valence-electron chi connectivity index (χ2n) is 5.86. The van der Waals surface area contributed by atoms with Gasteiger partial charge in [-0.25, -0.2) is 9.37 Å². The van der Waals surface area contributed by atoms with Crippen molar-refractivity contribution in [2.24, 2.45) is 0 Å². The zero-order valence-electron chi connectivity index (χ0n) is 13.4. The lowest BCUT2D eigenvalue weighted by Gasteiger charge is -2.24. The van der Waals surface area contributed by atoms with Gasteiger partial charge in [-0.3, -0.25) is 4.57 Å². The zero-order chi connectivity index (χ0) is 17.5. The average molecular weight is 341 g/mol. The second kappa shape index (κ2) is 6.11. The van der Waals surface area contributed by atoms with Crippen LogP contribution < -0.4 is 10.5 Å². The van der Waals surface area contributed by atoms with Crippen LogP contribution in [0.1, 0.15) is 26.5 Å². The van der Waals surface area contributed by atoms with Gasteiger partial charge in [-0.15, -0.1) is 0 Å². The van der Waals surface area contributed by atoms with E-state index in [1.54, 1.807) is 0 Å². The van der Waals surface area contributed by atoms with E-state index in [0.717, 1.165) is 6.42 Å². The topological polar surface area (TPSA) is 129 Å². The molecular weight excluding hydrogens is 321 g/mol. The molecule has 1 saturated heterocycles. The maximum absolute atomic E-state index is 15.0. The molecule has 1 aliphatic rings. The Morgan fingerprint density at radius 1 is 1.50 bits per heavy atom. The lowest BCUT2D eigenvalue weighted by atomic mass is 9.98. The summed E-state index contributed by atoms with van der Waals surface area (Å²) in [4.78, 5) is 12.3. The summed E-state index contributed by atoms with van der Waals surface area (Å²) in [5, 5.41) is 19.2. The van der Waals surface area contributed by atoms with E-state index in [0.29, 0.717) is 12.1 Å². The highest BCUT2D eigenvalue weighted by molar-refractivity contribution is 5.77. The molecule has 0 radical (unpaired) electrons. The van der Waals surface area contributed by atoms with Crippen LogP contribution in [0.25, 0.3) is 11.2 Å². The average Bonchev–Trinajstić information content (AvgIpc) is 3.05. The zero-order valence-corrected chi connectivity index (χ0v) is 13.4. The molecule has 4 N–H and O–H groups in total. The molecule has 10 heteroatoms. The van der Waals surface area contributed by atoms with E-state index in [9.17, 15) is 14.6 Å². The van der Waals surface area contributed by atoms with Crippen molar-refractivity contribution in [2.75, 3.05) is 18.9 Å². The maximum atomic E-state index is 15.0. The lowest BCUT2D eigenvalue weighted by molar-refractivity contribution is -0.0566. The number of aliphatic hydroxyl groups excluding tert-OH is 2. The molecule has 0 aromatic carbocycles. The summed E-state index contributed by atoms with van der Waals surface area (Å²) in [6.45, 7) is 3.05. The van der Waals surface area contributed by atoms with Gasteiger partial charge in [0.05, 0.1) is 19.5 Å². The standard InChI is InChI=1S/C14H20FN5O4/c1-3-4-23-11-8-10(18-13(16)19-11)20(6-17-8)12-14(2,15)9(22)7(5-21)24-12/h6-7,9,12,21-22H,3-5H2,1-2H3,(H2,16,18,19)/t7-,9-,12-,14-/m1/s1. The molecule has 132 valence electrons. The molecule has 0 amide bonds. The summed E-state index contributed by atoms with van der Waals surface area (Å²) in [6.07, 6.45) is -1.66. The van der Waals surface area contributed by atoms with Crippen LogP contribution in [0.4, 0.5) is 10.3 Å². The number of alkyl halides is 1. The quantitative estimate of drug-likeness (QED) is 0.702. The number of hydrogen-bond acceptors (Lipinski definition) is 8. The van der Waals surface area contributed by atoms with E-state index in [4.69, 9.17) is 15.2 Å². The summed E-state index contributed by atoms with van der Waals surface area (Å²) in [5.41, 5.74) is 4.11. The van der Waals surface area contributed by atoms with E-state index < -0.39 is 30.7 Å². The van der Waals surface area contributed by atoms with Crippen LogP contribution in [-0.4, -0.2) is 60.8 Å². The lowest BCUT2D eigenvalue weighted by Crippen LogP contribution is -2.40. The largest absolute Gasteiger partial charge is 0.476 e. The van der Waals surface area contributed by atoms with Crippen molar-refractivity contribution in [1.82, 2.24) is 19.5 Å². The van der Waals surface area contributed by atoms with Crippen LogP contribution >= 0.6 is 0 Å². The third-order valence-electron chi connectivity index (χ3n) is 4.00. The Morgan fingerprint density at radius 2 is 2.25 bits per heavy atom. The minimum atomic E-state index is -2.15. The molecular formula is C14H20FN5O4. The van der Waals surface area contributed by atoms with Gasteiger partial charge in [0.25, 0.3) is 0 Å². The minimum absolute atomic E-state index is 0.0480. The fourth-order valence-electron chi connectivity index (χ4n) is 2.74. The highest BCUT2D eigenvalue weighted by Crippen LogP contribution is 2.42. The summed E-state index contributed by atoms with van der Waals surface area (Å²) in [6, 6.07) is 0. The molecule has 3 heterocycles. The molecule has 0 saturated carbocycles. The molecule has 0 unspecified atom stereocenters. The summed E-state index contributed by atoms with van der Waals surface area (Å²) in [7, 11) is 0. The SMILES string of the molecule is CCCOc1nc(N)nc2c1ncn2[C@@H]1O[C@H](CO)[C@@H](O)[C@@]1(C)F.